The molecule has 0 saturated carbocycles. The van der Waals surface area contributed by atoms with Crippen molar-refractivity contribution in [3.05, 3.63) is 12.0 Å². The first-order chi connectivity index (χ1) is 7.15. The first kappa shape index (κ1) is 9.84. The molecule has 0 fully saturated rings. The summed E-state index contributed by atoms with van der Waals surface area (Å²) in [4.78, 5) is 7.68. The minimum Gasteiger partial charge on any atom is -0.381 e. The second-order valence-electron chi connectivity index (χ2n) is 3.19. The Bertz CT molecular complexity index is 446. The van der Waals surface area contributed by atoms with Gasteiger partial charge in [0.2, 0.25) is 5.13 Å². The molecule has 2 heterocycles. The van der Waals surface area contributed by atoms with Crippen molar-refractivity contribution in [1.82, 2.24) is 24.4 Å². The number of nitrogen functional groups attached to an aromatic ring is 1. The summed E-state index contributed by atoms with van der Waals surface area (Å²) in [6.45, 7) is 0.446. The molecule has 7 nitrogen and oxygen atoms in total. The van der Waals surface area contributed by atoms with Gasteiger partial charge in [-0.15, -0.1) is 5.10 Å². The van der Waals surface area contributed by atoms with E-state index in [1.54, 1.807) is 0 Å². The summed E-state index contributed by atoms with van der Waals surface area (Å²) in [6.07, 6.45) is 1.50. The van der Waals surface area contributed by atoms with Crippen molar-refractivity contribution in [2.24, 2.45) is 0 Å². The first-order valence-corrected chi connectivity index (χ1v) is 5.08. The van der Waals surface area contributed by atoms with Gasteiger partial charge in [0, 0.05) is 25.6 Å². The van der Waals surface area contributed by atoms with Crippen molar-refractivity contribution in [3.8, 4) is 0 Å². The van der Waals surface area contributed by atoms with Gasteiger partial charge in [-0.25, -0.2) is 4.98 Å². The lowest BCUT2D eigenvalue weighted by Crippen LogP contribution is -2.09. The highest BCUT2D eigenvalue weighted by atomic mass is 32.1. The van der Waals surface area contributed by atoms with E-state index in [4.69, 9.17) is 5.73 Å². The molecule has 0 aliphatic carbocycles. The van der Waals surface area contributed by atoms with Gasteiger partial charge in [0.25, 0.3) is 0 Å². The number of nitrogens with zero attached hydrogens (tertiary/aromatic N) is 6. The van der Waals surface area contributed by atoms with Gasteiger partial charge in [0.15, 0.2) is 11.6 Å². The highest BCUT2D eigenvalue weighted by Crippen LogP contribution is 2.14. The lowest BCUT2D eigenvalue weighted by atomic mass is 10.6. The molecule has 0 unspecified atom stereocenters. The summed E-state index contributed by atoms with van der Waals surface area (Å²) >= 11 is 1.35. The predicted octanol–water partition coefficient (Wildman–Crippen LogP) is -0.174. The Hall–Kier alpha value is -1.70. The summed E-state index contributed by atoms with van der Waals surface area (Å²) in [6, 6.07) is 0. The Morgan fingerprint density at radius 1 is 1.53 bits per heavy atom. The molecule has 15 heavy (non-hydrogen) atoms. The topological polar surface area (TPSA) is 85.8 Å². The minimum absolute atomic E-state index is 0.401. The minimum atomic E-state index is 0.401. The van der Waals surface area contributed by atoms with E-state index in [2.05, 4.69) is 19.6 Å². The number of anilines is 2. The van der Waals surface area contributed by atoms with Crippen molar-refractivity contribution in [1.29, 1.82) is 0 Å². The van der Waals surface area contributed by atoms with E-state index in [-0.39, 0.29) is 0 Å². The molecule has 2 N–H and O–H groups in total. The van der Waals surface area contributed by atoms with Gasteiger partial charge < -0.3 is 10.6 Å². The third kappa shape index (κ3) is 2.21. The van der Waals surface area contributed by atoms with Crippen LogP contribution in [0.15, 0.2) is 6.20 Å². The zero-order valence-corrected chi connectivity index (χ0v) is 9.27. The molecule has 0 aliphatic rings. The van der Waals surface area contributed by atoms with Gasteiger partial charge >= 0.3 is 0 Å². The van der Waals surface area contributed by atoms with Crippen molar-refractivity contribution >= 4 is 22.5 Å². The van der Waals surface area contributed by atoms with E-state index in [9.17, 15) is 0 Å². The average Bonchev–Trinajstić information content (AvgIpc) is 2.76. The van der Waals surface area contributed by atoms with Crippen LogP contribution in [0.3, 0.4) is 0 Å². The maximum atomic E-state index is 5.44. The Morgan fingerprint density at radius 3 is 2.87 bits per heavy atom. The van der Waals surface area contributed by atoms with Crippen LogP contribution in [0.5, 0.6) is 0 Å². The fourth-order valence-electron chi connectivity index (χ4n) is 1.00. The molecular formula is C7H11N7S. The summed E-state index contributed by atoms with van der Waals surface area (Å²) in [5.74, 6) is 1.09. The second kappa shape index (κ2) is 3.81. The van der Waals surface area contributed by atoms with Crippen LogP contribution < -0.4 is 10.6 Å². The van der Waals surface area contributed by atoms with Gasteiger partial charge in [0.1, 0.15) is 6.54 Å². The number of aromatic nitrogens is 5. The van der Waals surface area contributed by atoms with Crippen molar-refractivity contribution < 1.29 is 0 Å². The summed E-state index contributed by atoms with van der Waals surface area (Å²) < 4.78 is 4.19. The highest BCUT2D eigenvalue weighted by molar-refractivity contribution is 7.09. The first-order valence-electron chi connectivity index (χ1n) is 4.30. The lowest BCUT2D eigenvalue weighted by Gasteiger charge is -2.04. The molecule has 0 atom stereocenters. The SMILES string of the molecule is CN(C)c1nc(Cn2ncc(N)n2)ns1. The largest absolute Gasteiger partial charge is 0.381 e. The van der Waals surface area contributed by atoms with E-state index >= 15 is 0 Å². The van der Waals surface area contributed by atoms with Gasteiger partial charge in [0.05, 0.1) is 6.20 Å². The molecule has 8 heteroatoms. The Kier molecular flexibility index (Phi) is 2.50. The zero-order chi connectivity index (χ0) is 10.8. The fraction of sp³-hybridized carbons (Fsp3) is 0.429. The van der Waals surface area contributed by atoms with E-state index in [0.717, 1.165) is 5.13 Å². The molecule has 0 spiro atoms. The van der Waals surface area contributed by atoms with Crippen LogP contribution in [0.2, 0.25) is 0 Å². The molecule has 0 aliphatic heterocycles. The molecule has 0 saturated heterocycles. The molecule has 2 aromatic rings. The lowest BCUT2D eigenvalue weighted by molar-refractivity contribution is 0.577. The standard InChI is InChI=1S/C7H11N7S/c1-13(2)7-10-6(12-15-7)4-14-9-3-5(8)11-14/h3H,4H2,1-2H3,(H2,8,11). The fourth-order valence-corrected chi connectivity index (χ4v) is 1.60. The molecule has 2 rings (SSSR count). The van der Waals surface area contributed by atoms with E-state index in [1.807, 2.05) is 19.0 Å². The third-order valence-corrected chi connectivity index (χ3v) is 2.60. The number of hydrogen-bond acceptors (Lipinski definition) is 7. The molecule has 80 valence electrons. The highest BCUT2D eigenvalue weighted by Gasteiger charge is 2.07. The smallest absolute Gasteiger partial charge is 0.204 e. The normalized spacial score (nSPS) is 10.5. The number of nitrogens with two attached hydrogens (primary N) is 1. The van der Waals surface area contributed by atoms with Crippen LogP contribution in [-0.4, -0.2) is 38.4 Å². The van der Waals surface area contributed by atoms with Crippen LogP contribution >= 0.6 is 11.5 Å². The van der Waals surface area contributed by atoms with Crippen LogP contribution in [0.4, 0.5) is 10.9 Å². The molecule has 2 aromatic heterocycles. The van der Waals surface area contributed by atoms with E-state index in [0.29, 0.717) is 18.2 Å². The maximum absolute atomic E-state index is 5.44. The summed E-state index contributed by atoms with van der Waals surface area (Å²) in [5, 5.41) is 8.78. The number of rotatable bonds is 3. The second-order valence-corrected chi connectivity index (χ2v) is 3.92. The molecule has 0 amide bonds. The number of hydrogen-bond donors (Lipinski definition) is 1. The van der Waals surface area contributed by atoms with Crippen molar-refractivity contribution in [2.45, 2.75) is 6.54 Å². The quantitative estimate of drug-likeness (QED) is 0.780. The van der Waals surface area contributed by atoms with Gasteiger partial charge in [-0.05, 0) is 0 Å². The molecule has 0 bridgehead atoms. The molecular weight excluding hydrogens is 214 g/mol. The van der Waals surface area contributed by atoms with E-state index < -0.39 is 0 Å². The Morgan fingerprint density at radius 2 is 2.33 bits per heavy atom. The summed E-state index contributed by atoms with van der Waals surface area (Å²) in [5.41, 5.74) is 5.44. The Labute approximate surface area is 90.7 Å². The third-order valence-electron chi connectivity index (χ3n) is 1.68. The zero-order valence-electron chi connectivity index (χ0n) is 8.45. The van der Waals surface area contributed by atoms with Crippen molar-refractivity contribution in [3.63, 3.8) is 0 Å². The van der Waals surface area contributed by atoms with Crippen LogP contribution in [0.25, 0.3) is 0 Å². The van der Waals surface area contributed by atoms with Gasteiger partial charge in [-0.1, -0.05) is 0 Å². The predicted molar refractivity (Wildman–Crippen MR) is 57.8 cm³/mol. The monoisotopic (exact) mass is 225 g/mol. The van der Waals surface area contributed by atoms with E-state index in [1.165, 1.54) is 22.5 Å². The van der Waals surface area contributed by atoms with Crippen LogP contribution in [0.1, 0.15) is 5.82 Å². The molecule has 0 aromatic carbocycles. The van der Waals surface area contributed by atoms with Crippen LogP contribution in [0, 0.1) is 0 Å². The Balaban J connectivity index is 2.11. The van der Waals surface area contributed by atoms with Gasteiger partial charge in [-0.3, -0.25) is 0 Å². The average molecular weight is 225 g/mol. The van der Waals surface area contributed by atoms with Crippen molar-refractivity contribution in [2.75, 3.05) is 24.7 Å². The molecule has 0 radical (unpaired) electrons. The van der Waals surface area contributed by atoms with Crippen LogP contribution in [-0.2, 0) is 6.54 Å². The summed E-state index contributed by atoms with van der Waals surface area (Å²) in [7, 11) is 3.85. The maximum Gasteiger partial charge on any atom is 0.204 e. The van der Waals surface area contributed by atoms with Gasteiger partial charge in [-0.2, -0.15) is 14.3 Å².